The van der Waals surface area contributed by atoms with Crippen molar-refractivity contribution in [3.63, 3.8) is 0 Å². The van der Waals surface area contributed by atoms with Crippen molar-refractivity contribution in [2.45, 2.75) is 44.4 Å². The predicted molar refractivity (Wildman–Crippen MR) is 124 cm³/mol. The number of rotatable bonds is 2. The molecule has 0 saturated heterocycles. The molecule has 2 N–H and O–H groups in total. The van der Waals surface area contributed by atoms with Crippen LogP contribution in [0.4, 0.5) is 13.2 Å². The number of fused-ring (bicyclic) bond motifs is 2. The average Bonchev–Trinajstić information content (AvgIpc) is 3.22. The summed E-state index contributed by atoms with van der Waals surface area (Å²) in [5.41, 5.74) is 6.12. The molecule has 2 heterocycles. The van der Waals surface area contributed by atoms with Gasteiger partial charge in [0.15, 0.2) is 0 Å². The van der Waals surface area contributed by atoms with Gasteiger partial charge in [0.05, 0.1) is 16.4 Å². The van der Waals surface area contributed by atoms with Gasteiger partial charge in [0, 0.05) is 36.1 Å². The van der Waals surface area contributed by atoms with Crippen LogP contribution in [0.25, 0.3) is 11.4 Å². The molecule has 0 amide bonds. The van der Waals surface area contributed by atoms with Crippen LogP contribution in [0.3, 0.4) is 0 Å². The largest absolute Gasteiger partial charge is 0.490 e. The number of imidazole rings is 1. The standard InChI is InChI=1S/C22H21Cl2N3.C2HF3O2/c23-18-6-2-1-5-16(18)22-25-20-10-11-27(13-21(20)26-22)15-9-8-14-4-3-7-19(24)17(14)12-15;3-2(4,5)1(6)7/h1-7,15H,8-13H2,(H,25,26);(H,6,7). The minimum atomic E-state index is -5.08. The van der Waals surface area contributed by atoms with Crippen molar-refractivity contribution in [1.29, 1.82) is 0 Å². The van der Waals surface area contributed by atoms with Crippen molar-refractivity contribution in [2.24, 2.45) is 0 Å². The fourth-order valence-corrected chi connectivity index (χ4v) is 4.94. The highest BCUT2D eigenvalue weighted by atomic mass is 35.5. The number of carboxylic acids is 1. The van der Waals surface area contributed by atoms with Crippen molar-refractivity contribution in [2.75, 3.05) is 6.54 Å². The molecule has 1 aliphatic carbocycles. The zero-order valence-corrected chi connectivity index (χ0v) is 19.5. The molecular weight excluding hydrogens is 490 g/mol. The van der Waals surface area contributed by atoms with Gasteiger partial charge in [-0.25, -0.2) is 9.78 Å². The molecule has 2 aromatic carbocycles. The number of benzene rings is 2. The van der Waals surface area contributed by atoms with Gasteiger partial charge in [0.25, 0.3) is 0 Å². The van der Waals surface area contributed by atoms with E-state index in [1.165, 1.54) is 28.9 Å². The topological polar surface area (TPSA) is 69.2 Å². The number of nitrogens with zero attached hydrogens (tertiary/aromatic N) is 2. The van der Waals surface area contributed by atoms with Crippen molar-refractivity contribution in [3.8, 4) is 11.4 Å². The van der Waals surface area contributed by atoms with E-state index in [4.69, 9.17) is 38.1 Å². The second-order valence-corrected chi connectivity index (χ2v) is 9.10. The van der Waals surface area contributed by atoms with Gasteiger partial charge in [0.1, 0.15) is 5.82 Å². The van der Waals surface area contributed by atoms with Gasteiger partial charge < -0.3 is 10.1 Å². The number of nitrogens with one attached hydrogen (secondary N) is 1. The monoisotopic (exact) mass is 511 g/mol. The first-order valence-electron chi connectivity index (χ1n) is 10.8. The van der Waals surface area contributed by atoms with Crippen LogP contribution in [-0.2, 0) is 30.6 Å². The lowest BCUT2D eigenvalue weighted by atomic mass is 9.87. The summed E-state index contributed by atoms with van der Waals surface area (Å²) in [6, 6.07) is 14.7. The van der Waals surface area contributed by atoms with Crippen LogP contribution in [0.1, 0.15) is 28.9 Å². The number of hydrogen-bond acceptors (Lipinski definition) is 3. The minimum Gasteiger partial charge on any atom is -0.475 e. The van der Waals surface area contributed by atoms with Crippen molar-refractivity contribution < 1.29 is 23.1 Å². The molecule has 5 rings (SSSR count). The molecule has 3 aromatic rings. The highest BCUT2D eigenvalue weighted by Gasteiger charge is 2.38. The molecule has 0 radical (unpaired) electrons. The van der Waals surface area contributed by atoms with Gasteiger partial charge in [-0.15, -0.1) is 0 Å². The predicted octanol–water partition coefficient (Wildman–Crippen LogP) is 5.93. The molecule has 0 fully saturated rings. The van der Waals surface area contributed by atoms with Gasteiger partial charge in [-0.1, -0.05) is 47.5 Å². The second-order valence-electron chi connectivity index (χ2n) is 8.29. The third-order valence-electron chi connectivity index (χ3n) is 6.15. The zero-order valence-electron chi connectivity index (χ0n) is 18.0. The molecule has 1 unspecified atom stereocenters. The van der Waals surface area contributed by atoms with Crippen LogP contribution >= 0.6 is 23.2 Å². The molecule has 5 nitrogen and oxygen atoms in total. The number of H-pyrrole nitrogens is 1. The summed E-state index contributed by atoms with van der Waals surface area (Å²) in [6.07, 6.45) is -0.774. The maximum absolute atomic E-state index is 10.6. The SMILES string of the molecule is Clc1ccccc1-c1nc2c([nH]1)CN(C1CCc3cccc(Cl)c3C1)CC2.O=C(O)C(F)(F)F. The Kier molecular flexibility index (Phi) is 7.21. The summed E-state index contributed by atoms with van der Waals surface area (Å²) in [5.74, 6) is -1.88. The summed E-state index contributed by atoms with van der Waals surface area (Å²) in [7, 11) is 0. The summed E-state index contributed by atoms with van der Waals surface area (Å²) in [6.45, 7) is 1.96. The van der Waals surface area contributed by atoms with E-state index in [9.17, 15) is 13.2 Å². The van der Waals surface area contributed by atoms with Gasteiger partial charge in [0.2, 0.25) is 0 Å². The van der Waals surface area contributed by atoms with Crippen LogP contribution in [0.2, 0.25) is 10.0 Å². The van der Waals surface area contributed by atoms with Crippen LogP contribution in [0.15, 0.2) is 42.5 Å². The Morgan fingerprint density at radius 3 is 2.50 bits per heavy atom. The van der Waals surface area contributed by atoms with E-state index in [2.05, 4.69) is 22.0 Å². The summed E-state index contributed by atoms with van der Waals surface area (Å²) in [5, 5.41) is 8.77. The van der Waals surface area contributed by atoms with Gasteiger partial charge >= 0.3 is 12.1 Å². The average molecular weight is 512 g/mol. The van der Waals surface area contributed by atoms with E-state index in [1.54, 1.807) is 0 Å². The lowest BCUT2D eigenvalue weighted by Crippen LogP contribution is -2.42. The van der Waals surface area contributed by atoms with Crippen molar-refractivity contribution in [1.82, 2.24) is 14.9 Å². The van der Waals surface area contributed by atoms with Crippen LogP contribution in [-0.4, -0.2) is 44.7 Å². The van der Waals surface area contributed by atoms with E-state index in [1.807, 2.05) is 30.3 Å². The number of carboxylic acid groups (broad SMARTS) is 1. The number of aliphatic carboxylic acids is 1. The zero-order chi connectivity index (χ0) is 24.5. The van der Waals surface area contributed by atoms with Gasteiger partial charge in [-0.3, -0.25) is 4.90 Å². The molecule has 10 heteroatoms. The summed E-state index contributed by atoms with van der Waals surface area (Å²) >= 11 is 12.8. The highest BCUT2D eigenvalue weighted by molar-refractivity contribution is 6.33. The number of aromatic nitrogens is 2. The van der Waals surface area contributed by atoms with E-state index in [0.29, 0.717) is 6.04 Å². The molecule has 180 valence electrons. The number of halogens is 5. The third-order valence-corrected chi connectivity index (χ3v) is 6.84. The Morgan fingerprint density at radius 2 is 1.79 bits per heavy atom. The van der Waals surface area contributed by atoms with Gasteiger partial charge in [-0.2, -0.15) is 13.2 Å². The minimum absolute atomic E-state index is 0.539. The molecule has 0 saturated carbocycles. The Bertz CT molecular complexity index is 1200. The third kappa shape index (κ3) is 5.40. The number of aromatic amines is 1. The van der Waals surface area contributed by atoms with E-state index < -0.39 is 12.1 Å². The smallest absolute Gasteiger partial charge is 0.475 e. The highest BCUT2D eigenvalue weighted by Crippen LogP contribution is 2.33. The maximum Gasteiger partial charge on any atom is 0.490 e. The lowest BCUT2D eigenvalue weighted by Gasteiger charge is -2.37. The fourth-order valence-electron chi connectivity index (χ4n) is 4.44. The first-order valence-corrected chi connectivity index (χ1v) is 11.5. The van der Waals surface area contributed by atoms with Crippen LogP contribution in [0.5, 0.6) is 0 Å². The van der Waals surface area contributed by atoms with Crippen molar-refractivity contribution >= 4 is 29.2 Å². The van der Waals surface area contributed by atoms with E-state index in [0.717, 1.165) is 53.8 Å². The summed E-state index contributed by atoms with van der Waals surface area (Å²) in [4.78, 5) is 19.8. The Hall–Kier alpha value is -2.55. The second kappa shape index (κ2) is 9.98. The fraction of sp³-hybridized carbons (Fsp3) is 0.333. The van der Waals surface area contributed by atoms with Gasteiger partial charge in [-0.05, 0) is 48.6 Å². The molecule has 34 heavy (non-hydrogen) atoms. The first kappa shape index (κ1) is 24.6. The number of carbonyl (C=O) groups is 1. The maximum atomic E-state index is 10.6. The van der Waals surface area contributed by atoms with Crippen molar-refractivity contribution in [3.05, 3.63) is 75.0 Å². The molecule has 0 spiro atoms. The van der Waals surface area contributed by atoms with Crippen LogP contribution < -0.4 is 0 Å². The normalized spacial score (nSPS) is 17.9. The number of alkyl halides is 3. The van der Waals surface area contributed by atoms with Crippen LogP contribution in [0, 0.1) is 0 Å². The molecule has 2 aliphatic rings. The Morgan fingerprint density at radius 1 is 1.09 bits per heavy atom. The number of aryl methyl sites for hydroxylation is 1. The molecule has 1 aromatic heterocycles. The Balaban J connectivity index is 0.000000344. The molecular formula is C24H22Cl2F3N3O2. The molecule has 1 atom stereocenters. The quantitative estimate of drug-likeness (QED) is 0.447. The Labute approximate surface area is 204 Å². The molecule has 1 aliphatic heterocycles. The lowest BCUT2D eigenvalue weighted by molar-refractivity contribution is -0.192. The summed E-state index contributed by atoms with van der Waals surface area (Å²) < 4.78 is 31.7. The number of hydrogen-bond donors (Lipinski definition) is 2. The first-order chi connectivity index (χ1) is 16.1. The molecule has 0 bridgehead atoms. The van der Waals surface area contributed by atoms with E-state index >= 15 is 0 Å². The van der Waals surface area contributed by atoms with E-state index in [-0.39, 0.29) is 0 Å².